The number of aliphatic imine (C=N–C) groups is 1. The predicted molar refractivity (Wildman–Crippen MR) is 112 cm³/mol. The van der Waals surface area contributed by atoms with Crippen molar-refractivity contribution in [2.24, 2.45) is 4.99 Å². The SMILES string of the molecule is CN1CCCN(CCCNC2=NCC3CN(C(=O)OC(C)(C)C)CCN23)CC1. The van der Waals surface area contributed by atoms with E-state index in [1.54, 1.807) is 0 Å². The van der Waals surface area contributed by atoms with Crippen LogP contribution in [-0.4, -0.2) is 116 Å². The highest BCUT2D eigenvalue weighted by Crippen LogP contribution is 2.18. The van der Waals surface area contributed by atoms with Crippen LogP contribution in [0.1, 0.15) is 33.6 Å². The van der Waals surface area contributed by atoms with Gasteiger partial charge in [0.05, 0.1) is 12.6 Å². The summed E-state index contributed by atoms with van der Waals surface area (Å²) in [6, 6.07) is 0.268. The second kappa shape index (κ2) is 9.31. The second-order valence-corrected chi connectivity index (χ2v) is 9.22. The van der Waals surface area contributed by atoms with E-state index in [2.05, 4.69) is 27.1 Å². The number of fused-ring (bicyclic) bond motifs is 1. The Morgan fingerprint density at radius 2 is 2.00 bits per heavy atom. The van der Waals surface area contributed by atoms with Crippen molar-refractivity contribution in [3.05, 3.63) is 0 Å². The van der Waals surface area contributed by atoms with E-state index in [-0.39, 0.29) is 12.1 Å². The Morgan fingerprint density at radius 1 is 1.18 bits per heavy atom. The minimum Gasteiger partial charge on any atom is -0.444 e. The molecule has 1 N–H and O–H groups in total. The van der Waals surface area contributed by atoms with Crippen molar-refractivity contribution >= 4 is 12.1 Å². The molecule has 3 aliphatic rings. The fourth-order valence-electron chi connectivity index (χ4n) is 4.05. The molecule has 3 aliphatic heterocycles. The number of amides is 1. The molecule has 2 fully saturated rings. The highest BCUT2D eigenvalue weighted by molar-refractivity contribution is 5.82. The number of ether oxygens (including phenoxy) is 1. The molecule has 0 aliphatic carbocycles. The van der Waals surface area contributed by atoms with Crippen LogP contribution in [0.4, 0.5) is 4.79 Å². The molecule has 0 saturated carbocycles. The number of hydrogen-bond donors (Lipinski definition) is 1. The van der Waals surface area contributed by atoms with Gasteiger partial charge in [-0.2, -0.15) is 0 Å². The van der Waals surface area contributed by atoms with Crippen LogP contribution in [-0.2, 0) is 4.74 Å². The van der Waals surface area contributed by atoms with E-state index < -0.39 is 5.60 Å². The number of rotatable bonds is 4. The van der Waals surface area contributed by atoms with Crippen LogP contribution in [0.3, 0.4) is 0 Å². The van der Waals surface area contributed by atoms with E-state index in [1.165, 1.54) is 32.6 Å². The van der Waals surface area contributed by atoms with Crippen molar-refractivity contribution in [3.8, 4) is 0 Å². The van der Waals surface area contributed by atoms with Crippen molar-refractivity contribution < 1.29 is 9.53 Å². The van der Waals surface area contributed by atoms with Crippen LogP contribution in [0.15, 0.2) is 4.99 Å². The molecule has 0 bridgehead atoms. The zero-order valence-corrected chi connectivity index (χ0v) is 18.1. The van der Waals surface area contributed by atoms with E-state index >= 15 is 0 Å². The molecule has 160 valence electrons. The molecule has 2 saturated heterocycles. The number of hydrogen-bond acceptors (Lipinski definition) is 7. The number of piperazine rings is 1. The maximum Gasteiger partial charge on any atom is 0.410 e. The molecule has 28 heavy (non-hydrogen) atoms. The van der Waals surface area contributed by atoms with Gasteiger partial charge in [-0.05, 0) is 60.3 Å². The van der Waals surface area contributed by atoms with Gasteiger partial charge >= 0.3 is 6.09 Å². The third-order valence-electron chi connectivity index (χ3n) is 5.60. The summed E-state index contributed by atoms with van der Waals surface area (Å²) in [7, 11) is 2.21. The van der Waals surface area contributed by atoms with Crippen LogP contribution in [0, 0.1) is 0 Å². The van der Waals surface area contributed by atoms with Crippen LogP contribution in [0.5, 0.6) is 0 Å². The lowest BCUT2D eigenvalue weighted by molar-refractivity contribution is 0.0137. The van der Waals surface area contributed by atoms with Crippen LogP contribution >= 0.6 is 0 Å². The van der Waals surface area contributed by atoms with Crippen molar-refractivity contribution in [1.29, 1.82) is 0 Å². The molecule has 0 aromatic rings. The van der Waals surface area contributed by atoms with Crippen molar-refractivity contribution in [3.63, 3.8) is 0 Å². The number of carbonyl (C=O) groups is 1. The molecule has 0 aromatic carbocycles. The van der Waals surface area contributed by atoms with Gasteiger partial charge in [-0.1, -0.05) is 0 Å². The maximum atomic E-state index is 12.3. The summed E-state index contributed by atoms with van der Waals surface area (Å²) in [5.41, 5.74) is -0.449. The lowest BCUT2D eigenvalue weighted by Crippen LogP contribution is -2.57. The van der Waals surface area contributed by atoms with Gasteiger partial charge in [0.25, 0.3) is 0 Å². The molecular formula is C20H38N6O2. The molecule has 3 heterocycles. The Balaban J connectivity index is 1.36. The summed E-state index contributed by atoms with van der Waals surface area (Å²) in [6.45, 7) is 15.5. The molecule has 8 nitrogen and oxygen atoms in total. The lowest BCUT2D eigenvalue weighted by Gasteiger charge is -2.39. The Kier molecular flexibility index (Phi) is 7.04. The van der Waals surface area contributed by atoms with Gasteiger partial charge in [0.2, 0.25) is 0 Å². The number of nitrogens with zero attached hydrogens (tertiary/aromatic N) is 5. The summed E-state index contributed by atoms with van der Waals surface area (Å²) in [4.78, 5) is 26.1. The van der Waals surface area contributed by atoms with Gasteiger partial charge in [-0.25, -0.2) is 4.79 Å². The van der Waals surface area contributed by atoms with Crippen LogP contribution in [0.25, 0.3) is 0 Å². The molecule has 1 unspecified atom stereocenters. The summed E-state index contributed by atoms with van der Waals surface area (Å²) < 4.78 is 5.51. The monoisotopic (exact) mass is 394 g/mol. The molecule has 8 heteroatoms. The first-order valence-electron chi connectivity index (χ1n) is 10.8. The van der Waals surface area contributed by atoms with Gasteiger partial charge in [-0.3, -0.25) is 4.99 Å². The van der Waals surface area contributed by atoms with Crippen molar-refractivity contribution in [2.75, 3.05) is 72.5 Å². The normalized spacial score (nSPS) is 24.6. The fourth-order valence-corrected chi connectivity index (χ4v) is 4.05. The minimum atomic E-state index is -0.449. The van der Waals surface area contributed by atoms with Gasteiger partial charge in [0.15, 0.2) is 5.96 Å². The summed E-state index contributed by atoms with van der Waals surface area (Å²) >= 11 is 0. The Bertz CT molecular complexity index is 561. The standard InChI is InChI=1S/C20H38N6O2/c1-20(2,3)28-19(27)25-13-14-26-17(16-25)15-22-18(26)21-7-5-9-24-10-6-8-23(4)11-12-24/h17H,5-16H2,1-4H3,(H,21,22). The highest BCUT2D eigenvalue weighted by atomic mass is 16.6. The van der Waals surface area contributed by atoms with Gasteiger partial charge < -0.3 is 29.7 Å². The Morgan fingerprint density at radius 3 is 2.79 bits per heavy atom. The van der Waals surface area contributed by atoms with Gasteiger partial charge in [0.1, 0.15) is 5.60 Å². The number of likely N-dealkylation sites (N-methyl/N-ethyl adjacent to an activating group) is 1. The van der Waals surface area contributed by atoms with Crippen molar-refractivity contribution in [2.45, 2.75) is 45.3 Å². The summed E-state index contributed by atoms with van der Waals surface area (Å²) in [5.74, 6) is 1.00. The zero-order valence-electron chi connectivity index (χ0n) is 18.1. The van der Waals surface area contributed by atoms with Gasteiger partial charge in [-0.15, -0.1) is 0 Å². The summed E-state index contributed by atoms with van der Waals surface area (Å²) in [5, 5.41) is 3.53. The molecule has 0 aromatic heterocycles. The molecular weight excluding hydrogens is 356 g/mol. The number of guanidine groups is 1. The Hall–Kier alpha value is -1.54. The van der Waals surface area contributed by atoms with E-state index in [4.69, 9.17) is 9.73 Å². The quantitative estimate of drug-likeness (QED) is 0.715. The smallest absolute Gasteiger partial charge is 0.410 e. The third-order valence-corrected chi connectivity index (χ3v) is 5.60. The van der Waals surface area contributed by atoms with E-state index in [9.17, 15) is 4.79 Å². The first-order valence-corrected chi connectivity index (χ1v) is 10.8. The highest BCUT2D eigenvalue weighted by Gasteiger charge is 2.36. The third kappa shape index (κ3) is 5.98. The average Bonchev–Trinajstić information content (AvgIpc) is 2.91. The van der Waals surface area contributed by atoms with Gasteiger partial charge in [0, 0.05) is 39.3 Å². The van der Waals surface area contributed by atoms with Crippen molar-refractivity contribution in [1.82, 2.24) is 24.9 Å². The predicted octanol–water partition coefficient (Wildman–Crippen LogP) is 0.895. The zero-order chi connectivity index (χ0) is 20.1. The molecule has 0 spiro atoms. The topological polar surface area (TPSA) is 63.6 Å². The molecule has 1 amide bonds. The number of carbonyl (C=O) groups excluding carboxylic acids is 1. The minimum absolute atomic E-state index is 0.211. The van der Waals surface area contributed by atoms with E-state index in [0.29, 0.717) is 13.1 Å². The molecule has 3 rings (SSSR count). The maximum absolute atomic E-state index is 12.3. The van der Waals surface area contributed by atoms with Crippen LogP contribution < -0.4 is 5.32 Å². The van der Waals surface area contributed by atoms with E-state index in [1.807, 2.05) is 25.7 Å². The second-order valence-electron chi connectivity index (χ2n) is 9.22. The van der Waals surface area contributed by atoms with Crippen LogP contribution in [0.2, 0.25) is 0 Å². The first kappa shape index (κ1) is 21.2. The van der Waals surface area contributed by atoms with E-state index in [0.717, 1.165) is 38.6 Å². The first-order chi connectivity index (χ1) is 13.3. The Labute approximate surface area is 169 Å². The average molecular weight is 395 g/mol. The summed E-state index contributed by atoms with van der Waals surface area (Å²) in [6.07, 6.45) is 2.18. The largest absolute Gasteiger partial charge is 0.444 e. The molecule has 1 atom stereocenters. The number of nitrogens with one attached hydrogen (secondary N) is 1. The lowest BCUT2D eigenvalue weighted by atomic mass is 10.2. The fraction of sp³-hybridized carbons (Fsp3) is 0.900. The molecule has 0 radical (unpaired) electrons.